The van der Waals surface area contributed by atoms with Gasteiger partial charge in [0, 0.05) is 57.9 Å². The van der Waals surface area contributed by atoms with Crippen LogP contribution < -0.4 is 24.7 Å². The van der Waals surface area contributed by atoms with Crippen molar-refractivity contribution in [1.82, 2.24) is 19.4 Å². The quantitative estimate of drug-likeness (QED) is 0.189. The van der Waals surface area contributed by atoms with E-state index in [0.717, 1.165) is 56.8 Å². The van der Waals surface area contributed by atoms with Crippen LogP contribution in [0, 0.1) is 0 Å². The standard InChI is InChI=1S/C39H45N5O7/c1-48-34-11-6-27(24-35(34)49-2)12-16-43-36(40-33-25-28(7-9-31(33)38(43)46)42-14-4-3-5-15-42)13-17-44-37(45)30-10-8-29(26-32(30)39(44)47)51-23-20-41-18-21-50-22-19-41/h6-11,24-26H,3-5,12-23H2,1-2H3. The Morgan fingerprint density at radius 2 is 1.53 bits per heavy atom. The third kappa shape index (κ3) is 7.43. The van der Waals surface area contributed by atoms with Crippen molar-refractivity contribution in [2.45, 2.75) is 38.6 Å². The van der Waals surface area contributed by atoms with Crippen LogP contribution in [0.1, 0.15) is 51.4 Å². The maximum absolute atomic E-state index is 14.1. The Kier molecular flexibility index (Phi) is 10.5. The summed E-state index contributed by atoms with van der Waals surface area (Å²) in [5, 5.41) is 0.536. The highest BCUT2D eigenvalue weighted by Gasteiger charge is 2.36. The number of carbonyl (C=O) groups excluding carboxylic acids is 2. The minimum Gasteiger partial charge on any atom is -0.493 e. The van der Waals surface area contributed by atoms with Crippen molar-refractivity contribution in [1.29, 1.82) is 0 Å². The van der Waals surface area contributed by atoms with Gasteiger partial charge in [-0.3, -0.25) is 28.8 Å². The molecule has 7 rings (SSSR count). The number of nitrogens with zero attached hydrogens (tertiary/aromatic N) is 5. The van der Waals surface area contributed by atoms with Crippen molar-refractivity contribution in [3.05, 3.63) is 87.5 Å². The minimum absolute atomic E-state index is 0.0830. The van der Waals surface area contributed by atoms with Gasteiger partial charge < -0.3 is 23.8 Å². The third-order valence-electron chi connectivity index (χ3n) is 10.1. The summed E-state index contributed by atoms with van der Waals surface area (Å²) in [5.41, 5.74) is 3.15. The van der Waals surface area contributed by atoms with E-state index in [4.69, 9.17) is 23.9 Å². The summed E-state index contributed by atoms with van der Waals surface area (Å²) < 4.78 is 23.9. The summed E-state index contributed by atoms with van der Waals surface area (Å²) in [5.74, 6) is 1.58. The highest BCUT2D eigenvalue weighted by molar-refractivity contribution is 6.21. The van der Waals surface area contributed by atoms with Gasteiger partial charge in [0.15, 0.2) is 11.5 Å². The van der Waals surface area contributed by atoms with E-state index < -0.39 is 0 Å². The van der Waals surface area contributed by atoms with Gasteiger partial charge in [-0.1, -0.05) is 6.07 Å². The van der Waals surface area contributed by atoms with Crippen molar-refractivity contribution in [2.75, 3.05) is 78.2 Å². The lowest BCUT2D eigenvalue weighted by Crippen LogP contribution is -2.38. The SMILES string of the molecule is COc1ccc(CCn2c(CCN3C(=O)c4ccc(OCCN5CCOCC5)cc4C3=O)nc3cc(N4CCCCC4)ccc3c2=O)cc1OC. The summed E-state index contributed by atoms with van der Waals surface area (Å²) in [6.45, 7) is 6.78. The summed E-state index contributed by atoms with van der Waals surface area (Å²) in [6.07, 6.45) is 4.25. The number of morpholine rings is 1. The minimum atomic E-state index is -0.374. The second kappa shape index (κ2) is 15.5. The number of hydrogen-bond donors (Lipinski definition) is 0. The van der Waals surface area contributed by atoms with E-state index in [1.165, 1.54) is 11.3 Å². The molecule has 2 amide bonds. The molecule has 12 heteroatoms. The van der Waals surface area contributed by atoms with Crippen LogP contribution in [0.3, 0.4) is 0 Å². The van der Waals surface area contributed by atoms with Crippen molar-refractivity contribution < 1.29 is 28.5 Å². The molecule has 0 aliphatic carbocycles. The zero-order valence-corrected chi connectivity index (χ0v) is 29.4. The summed E-state index contributed by atoms with van der Waals surface area (Å²) >= 11 is 0. The molecule has 12 nitrogen and oxygen atoms in total. The molecule has 3 aliphatic heterocycles. The molecule has 0 unspecified atom stereocenters. The number of rotatable bonds is 13. The molecule has 0 bridgehead atoms. The largest absolute Gasteiger partial charge is 0.493 e. The molecule has 0 atom stereocenters. The Hall–Kier alpha value is -4.94. The fourth-order valence-corrected chi connectivity index (χ4v) is 7.19. The molecule has 0 saturated carbocycles. The number of anilines is 1. The van der Waals surface area contributed by atoms with Crippen LogP contribution in [0.5, 0.6) is 17.2 Å². The molecular weight excluding hydrogens is 650 g/mol. The predicted octanol–water partition coefficient (Wildman–Crippen LogP) is 4.20. The number of aryl methyl sites for hydroxylation is 1. The number of carbonyl (C=O) groups is 2. The molecule has 51 heavy (non-hydrogen) atoms. The van der Waals surface area contributed by atoms with Crippen LogP contribution in [0.2, 0.25) is 0 Å². The molecule has 0 radical (unpaired) electrons. The van der Waals surface area contributed by atoms with Crippen LogP contribution in [0.15, 0.2) is 59.4 Å². The van der Waals surface area contributed by atoms with E-state index in [-0.39, 0.29) is 30.3 Å². The number of fused-ring (bicyclic) bond motifs is 2. The average molecular weight is 696 g/mol. The van der Waals surface area contributed by atoms with Gasteiger partial charge in [-0.25, -0.2) is 4.98 Å². The van der Waals surface area contributed by atoms with Crippen molar-refractivity contribution in [3.8, 4) is 17.2 Å². The first kappa shape index (κ1) is 34.5. The number of methoxy groups -OCH3 is 2. The molecule has 1 aromatic heterocycles. The number of amides is 2. The van der Waals surface area contributed by atoms with Gasteiger partial charge in [-0.05, 0) is 79.8 Å². The van der Waals surface area contributed by atoms with Gasteiger partial charge in [0.2, 0.25) is 0 Å². The van der Waals surface area contributed by atoms with Crippen LogP contribution in [0.4, 0.5) is 5.69 Å². The molecule has 0 spiro atoms. The average Bonchev–Trinajstić information content (AvgIpc) is 3.41. The smallest absolute Gasteiger partial charge is 0.261 e. The first-order valence-corrected chi connectivity index (χ1v) is 17.9. The second-order valence-electron chi connectivity index (χ2n) is 13.2. The van der Waals surface area contributed by atoms with Gasteiger partial charge in [0.1, 0.15) is 18.2 Å². The molecular formula is C39H45N5O7. The van der Waals surface area contributed by atoms with E-state index in [1.807, 2.05) is 36.4 Å². The maximum atomic E-state index is 14.1. The highest BCUT2D eigenvalue weighted by atomic mass is 16.5. The lowest BCUT2D eigenvalue weighted by molar-refractivity contribution is 0.0322. The summed E-state index contributed by atoms with van der Waals surface area (Å²) in [4.78, 5) is 52.1. The Balaban J connectivity index is 1.12. The lowest BCUT2D eigenvalue weighted by atomic mass is 10.1. The Morgan fingerprint density at radius 1 is 0.745 bits per heavy atom. The van der Waals surface area contributed by atoms with Gasteiger partial charge in [0.05, 0.1) is 49.5 Å². The molecule has 2 saturated heterocycles. The zero-order valence-electron chi connectivity index (χ0n) is 29.4. The zero-order chi connectivity index (χ0) is 35.3. The molecule has 0 N–H and O–H groups in total. The second-order valence-corrected chi connectivity index (χ2v) is 13.2. The van der Waals surface area contributed by atoms with E-state index in [9.17, 15) is 14.4 Å². The highest BCUT2D eigenvalue weighted by Crippen LogP contribution is 2.29. The van der Waals surface area contributed by atoms with Crippen LogP contribution in [-0.2, 0) is 24.1 Å². The monoisotopic (exact) mass is 695 g/mol. The fraction of sp³-hybridized carbons (Fsp3) is 0.436. The van der Waals surface area contributed by atoms with E-state index in [1.54, 1.807) is 37.0 Å². The number of aromatic nitrogens is 2. The van der Waals surface area contributed by atoms with Crippen molar-refractivity contribution in [3.63, 3.8) is 0 Å². The molecule has 4 aromatic rings. The number of piperidine rings is 1. The fourth-order valence-electron chi connectivity index (χ4n) is 7.19. The van der Waals surface area contributed by atoms with E-state index in [0.29, 0.717) is 77.9 Å². The molecule has 2 fully saturated rings. The number of benzene rings is 3. The third-order valence-corrected chi connectivity index (χ3v) is 10.1. The number of hydrogen-bond acceptors (Lipinski definition) is 10. The summed E-state index contributed by atoms with van der Waals surface area (Å²) in [7, 11) is 3.19. The topological polar surface area (TPSA) is 116 Å². The van der Waals surface area contributed by atoms with Gasteiger partial charge >= 0.3 is 0 Å². The van der Waals surface area contributed by atoms with Gasteiger partial charge in [-0.15, -0.1) is 0 Å². The maximum Gasteiger partial charge on any atom is 0.261 e. The first-order chi connectivity index (χ1) is 24.9. The van der Waals surface area contributed by atoms with Crippen LogP contribution in [0.25, 0.3) is 10.9 Å². The first-order valence-electron chi connectivity index (χ1n) is 17.9. The van der Waals surface area contributed by atoms with Crippen LogP contribution in [-0.4, -0.2) is 104 Å². The van der Waals surface area contributed by atoms with Crippen LogP contribution >= 0.6 is 0 Å². The van der Waals surface area contributed by atoms with E-state index >= 15 is 0 Å². The Bertz CT molecular complexity index is 1970. The number of imide groups is 1. The Labute approximate surface area is 297 Å². The molecule has 4 heterocycles. The molecule has 3 aliphatic rings. The van der Waals surface area contributed by atoms with E-state index in [2.05, 4.69) is 9.80 Å². The summed E-state index contributed by atoms with van der Waals surface area (Å²) in [6, 6.07) is 16.6. The van der Waals surface area contributed by atoms with Crippen molar-refractivity contribution >= 4 is 28.4 Å². The lowest BCUT2D eigenvalue weighted by Gasteiger charge is -2.29. The molecule has 268 valence electrons. The molecule has 3 aromatic carbocycles. The predicted molar refractivity (Wildman–Crippen MR) is 194 cm³/mol. The van der Waals surface area contributed by atoms with Crippen molar-refractivity contribution in [2.24, 2.45) is 0 Å². The normalized spacial score (nSPS) is 16.5. The van der Waals surface area contributed by atoms with Gasteiger partial charge in [0.25, 0.3) is 17.4 Å². The Morgan fingerprint density at radius 3 is 2.31 bits per heavy atom. The number of ether oxygens (including phenoxy) is 4. The van der Waals surface area contributed by atoms with Gasteiger partial charge in [-0.2, -0.15) is 0 Å².